The van der Waals surface area contributed by atoms with Crippen LogP contribution in [0.25, 0.3) is 0 Å². The molecule has 0 heterocycles. The Labute approximate surface area is 308 Å². The fourth-order valence-corrected chi connectivity index (χ4v) is 6.85. The number of carbonyl (C=O) groups excluding carboxylic acids is 1. The molecule has 9 nitrogen and oxygen atoms in total. The van der Waals surface area contributed by atoms with Crippen LogP contribution in [0.4, 0.5) is 0 Å². The molecule has 0 saturated carbocycles. The molecule has 0 aromatic rings. The van der Waals surface area contributed by atoms with Gasteiger partial charge in [-0.1, -0.05) is 187 Å². The van der Waals surface area contributed by atoms with E-state index in [9.17, 15) is 19.4 Å². The van der Waals surface area contributed by atoms with E-state index in [1.165, 1.54) is 154 Å². The maximum absolute atomic E-state index is 12.6. The van der Waals surface area contributed by atoms with E-state index in [2.05, 4.69) is 13.8 Å². The molecule has 0 aliphatic rings. The summed E-state index contributed by atoms with van der Waals surface area (Å²) in [7, 11) is -4.50. The van der Waals surface area contributed by atoms with Gasteiger partial charge in [-0.2, -0.15) is 0 Å². The van der Waals surface area contributed by atoms with Gasteiger partial charge < -0.3 is 24.6 Å². The Kier molecular flexibility index (Phi) is 37.8. The number of aliphatic hydroxyl groups is 2. The normalized spacial score (nSPS) is 14.1. The van der Waals surface area contributed by atoms with Crippen molar-refractivity contribution < 1.29 is 43.0 Å². The lowest BCUT2D eigenvalue weighted by molar-refractivity contribution is -0.154. The topological polar surface area (TPSA) is 132 Å². The summed E-state index contributed by atoms with van der Waals surface area (Å²) in [6, 6.07) is 0. The van der Waals surface area contributed by atoms with Crippen molar-refractivity contribution in [2.45, 2.75) is 219 Å². The van der Waals surface area contributed by atoms with Crippen molar-refractivity contribution >= 4 is 13.8 Å². The quantitative estimate of drug-likeness (QED) is 0.0319. The van der Waals surface area contributed by atoms with Crippen LogP contribution in [0.3, 0.4) is 0 Å². The second-order valence-corrected chi connectivity index (χ2v) is 15.8. The zero-order valence-electron chi connectivity index (χ0n) is 32.6. The highest BCUT2D eigenvalue weighted by Crippen LogP contribution is 2.43. The molecule has 0 spiro atoms. The molecule has 0 fully saturated rings. The van der Waals surface area contributed by atoms with Crippen LogP contribution in [0, 0.1) is 0 Å². The molecule has 3 N–H and O–H groups in total. The molecule has 300 valence electrons. The molecule has 50 heavy (non-hydrogen) atoms. The first-order valence-corrected chi connectivity index (χ1v) is 22.5. The standard InChI is InChI=1S/C40H81O9P/c1-3-5-7-9-11-13-15-17-19-20-22-24-26-28-30-32-40(43)49-39(37-48-50(44,45)47-35-38(42)34-41)36-46-33-31-29-27-25-23-21-18-16-14-12-10-8-6-4-2/h38-39,41-42H,3-37H2,1-2H3,(H,44,45)/t38-,39+/m0/s1. The number of phosphoric ester groups is 1. The Hall–Kier alpha value is -0.540. The number of unbranched alkanes of at least 4 members (excludes halogenated alkanes) is 27. The minimum absolute atomic E-state index is 0.0578. The van der Waals surface area contributed by atoms with Gasteiger partial charge in [0.25, 0.3) is 0 Å². The van der Waals surface area contributed by atoms with Crippen LogP contribution >= 0.6 is 7.82 Å². The molecule has 0 aliphatic carbocycles. The molecule has 0 aromatic carbocycles. The number of esters is 1. The maximum Gasteiger partial charge on any atom is 0.472 e. The summed E-state index contributed by atoms with van der Waals surface area (Å²) in [5.41, 5.74) is 0. The van der Waals surface area contributed by atoms with E-state index < -0.39 is 33.2 Å². The SMILES string of the molecule is CCCCCCCCCCCCCCCCCC(=O)O[C@H](COCCCCCCCCCCCCCCCC)COP(=O)(O)OC[C@@H](O)CO. The van der Waals surface area contributed by atoms with Crippen LogP contribution < -0.4 is 0 Å². The summed E-state index contributed by atoms with van der Waals surface area (Å²) in [5, 5.41) is 18.3. The number of carbonyl (C=O) groups is 1. The Bertz CT molecular complexity index is 754. The van der Waals surface area contributed by atoms with E-state index in [4.69, 9.17) is 23.6 Å². The second-order valence-electron chi connectivity index (χ2n) is 14.4. The molecule has 0 radical (unpaired) electrons. The van der Waals surface area contributed by atoms with Crippen molar-refractivity contribution in [3.05, 3.63) is 0 Å². The van der Waals surface area contributed by atoms with Gasteiger partial charge >= 0.3 is 13.8 Å². The third-order valence-corrected chi connectivity index (χ3v) is 10.2. The van der Waals surface area contributed by atoms with E-state index in [0.717, 1.165) is 32.1 Å². The highest BCUT2D eigenvalue weighted by atomic mass is 31.2. The summed E-state index contributed by atoms with van der Waals surface area (Å²) in [5.74, 6) is -0.377. The molecule has 0 bridgehead atoms. The number of ether oxygens (including phenoxy) is 2. The largest absolute Gasteiger partial charge is 0.472 e. The third-order valence-electron chi connectivity index (χ3n) is 9.29. The smallest absolute Gasteiger partial charge is 0.457 e. The highest BCUT2D eigenvalue weighted by molar-refractivity contribution is 7.47. The van der Waals surface area contributed by atoms with Gasteiger partial charge in [-0.05, 0) is 12.8 Å². The highest BCUT2D eigenvalue weighted by Gasteiger charge is 2.26. The van der Waals surface area contributed by atoms with Gasteiger partial charge in [-0.25, -0.2) is 4.57 Å². The van der Waals surface area contributed by atoms with Crippen LogP contribution in [0.1, 0.15) is 206 Å². The van der Waals surface area contributed by atoms with Gasteiger partial charge in [0.05, 0.1) is 26.4 Å². The molecule has 0 saturated heterocycles. The molecule has 1 unspecified atom stereocenters. The first kappa shape index (κ1) is 49.5. The van der Waals surface area contributed by atoms with E-state index in [-0.39, 0.29) is 25.6 Å². The molecule has 0 aromatic heterocycles. The number of aliphatic hydroxyl groups excluding tert-OH is 2. The average Bonchev–Trinajstić information content (AvgIpc) is 3.10. The first-order valence-electron chi connectivity index (χ1n) is 21.0. The molecule has 3 atom stereocenters. The van der Waals surface area contributed by atoms with Crippen molar-refractivity contribution in [3.63, 3.8) is 0 Å². The molecule has 0 aliphatic heterocycles. The average molecular weight is 737 g/mol. The van der Waals surface area contributed by atoms with E-state index in [1.54, 1.807) is 0 Å². The van der Waals surface area contributed by atoms with Gasteiger partial charge in [-0.15, -0.1) is 0 Å². The molecular formula is C40H81O9P. The summed E-state index contributed by atoms with van der Waals surface area (Å²) in [4.78, 5) is 22.5. The molecule has 0 amide bonds. The van der Waals surface area contributed by atoms with E-state index in [0.29, 0.717) is 6.61 Å². The Morgan fingerprint density at radius 2 is 0.900 bits per heavy atom. The van der Waals surface area contributed by atoms with Crippen LogP contribution in [-0.2, 0) is 27.9 Å². The van der Waals surface area contributed by atoms with Gasteiger partial charge in [0, 0.05) is 13.0 Å². The van der Waals surface area contributed by atoms with Crippen molar-refractivity contribution in [1.29, 1.82) is 0 Å². The maximum atomic E-state index is 12.6. The van der Waals surface area contributed by atoms with E-state index in [1.807, 2.05) is 0 Å². The zero-order valence-corrected chi connectivity index (χ0v) is 33.5. The minimum atomic E-state index is -4.50. The van der Waals surface area contributed by atoms with E-state index >= 15 is 0 Å². The van der Waals surface area contributed by atoms with Crippen molar-refractivity contribution in [1.82, 2.24) is 0 Å². The number of hydrogen-bond acceptors (Lipinski definition) is 8. The van der Waals surface area contributed by atoms with Crippen molar-refractivity contribution in [2.24, 2.45) is 0 Å². The fraction of sp³-hybridized carbons (Fsp3) is 0.975. The lowest BCUT2D eigenvalue weighted by Gasteiger charge is -2.20. The van der Waals surface area contributed by atoms with Crippen molar-refractivity contribution in [2.75, 3.05) is 33.0 Å². The summed E-state index contributed by atoms with van der Waals surface area (Å²) >= 11 is 0. The van der Waals surface area contributed by atoms with Crippen LogP contribution in [0.5, 0.6) is 0 Å². The van der Waals surface area contributed by atoms with Crippen LogP contribution in [-0.4, -0.2) is 66.3 Å². The summed E-state index contributed by atoms with van der Waals surface area (Å²) < 4.78 is 33.3. The summed E-state index contributed by atoms with van der Waals surface area (Å²) in [6.45, 7) is 3.57. The minimum Gasteiger partial charge on any atom is -0.457 e. The number of hydrogen-bond donors (Lipinski definition) is 3. The lowest BCUT2D eigenvalue weighted by atomic mass is 10.0. The van der Waals surface area contributed by atoms with Gasteiger partial charge in [0.2, 0.25) is 0 Å². The van der Waals surface area contributed by atoms with Gasteiger partial charge in [0.1, 0.15) is 12.2 Å². The van der Waals surface area contributed by atoms with Gasteiger partial charge in [0.15, 0.2) is 0 Å². The predicted octanol–water partition coefficient (Wildman–Crippen LogP) is 11.1. The third kappa shape index (κ3) is 37.2. The van der Waals surface area contributed by atoms with Gasteiger partial charge in [-0.3, -0.25) is 13.8 Å². The first-order chi connectivity index (χ1) is 24.3. The fourth-order valence-electron chi connectivity index (χ4n) is 6.06. The Morgan fingerprint density at radius 3 is 1.30 bits per heavy atom. The number of rotatable bonds is 41. The molecule has 10 heteroatoms. The molecule has 0 rings (SSSR count). The number of phosphoric acid groups is 1. The second kappa shape index (κ2) is 38.2. The molecular weight excluding hydrogens is 655 g/mol. The monoisotopic (exact) mass is 737 g/mol. The zero-order chi connectivity index (χ0) is 36.8. The van der Waals surface area contributed by atoms with Crippen molar-refractivity contribution in [3.8, 4) is 0 Å². The predicted molar refractivity (Wildman–Crippen MR) is 205 cm³/mol. The Morgan fingerprint density at radius 1 is 0.540 bits per heavy atom. The van der Waals surface area contributed by atoms with Crippen LogP contribution in [0.2, 0.25) is 0 Å². The Balaban J connectivity index is 4.14. The summed E-state index contributed by atoms with van der Waals surface area (Å²) in [6.07, 6.45) is 34.8. The van der Waals surface area contributed by atoms with Crippen LogP contribution in [0.15, 0.2) is 0 Å². The lowest BCUT2D eigenvalue weighted by Crippen LogP contribution is -2.29.